The van der Waals surface area contributed by atoms with E-state index in [4.69, 9.17) is 15.3 Å². The number of alkyl halides is 1. The number of hydrogen-bond donors (Lipinski definition) is 3. The summed E-state index contributed by atoms with van der Waals surface area (Å²) in [5.41, 5.74) is 1.34. The van der Waals surface area contributed by atoms with Gasteiger partial charge >= 0.3 is 0 Å². The van der Waals surface area contributed by atoms with E-state index >= 15 is 0 Å². The topological polar surface area (TPSA) is 60.7 Å². The van der Waals surface area contributed by atoms with E-state index in [2.05, 4.69) is 154 Å². The van der Waals surface area contributed by atoms with E-state index in [9.17, 15) is 0 Å². The standard InChI is InChI=1S/C20H41Br.2C20H42O.C20H40O/c4*1-17(2)9-6-10-18(3)11-7-12-19(4)13-8-14-20(5)15-16-21/h17-20H,6-16H2,1-5H3;2*17-21H,6-16H2,1-5H3;15,17-19,21H,6-14,16H2,1-5H3/b;;;20-15+/t3*18-,19-,20?;18-,19-/m1111/s1. The zero-order valence-electron chi connectivity index (χ0n) is 61.9. The molecule has 11 atom stereocenters. The Hall–Kier alpha value is 0.100. The Kier molecular flexibility index (Phi) is 71.2. The fourth-order valence-electron chi connectivity index (χ4n) is 12.4. The largest absolute Gasteiger partial charge is 0.396 e. The summed E-state index contributed by atoms with van der Waals surface area (Å²) in [6.45, 7) is 48.0. The number of hydrogen-bond acceptors (Lipinski definition) is 3. The fourth-order valence-corrected chi connectivity index (χ4v) is 13.2. The maximum absolute atomic E-state index is 8.91. The summed E-state index contributed by atoms with van der Waals surface area (Å²) in [7, 11) is 0. The monoisotopic (exact) mass is 1250 g/mol. The lowest BCUT2D eigenvalue weighted by Gasteiger charge is -2.16. The Bertz CT molecular complexity index is 1170. The predicted molar refractivity (Wildman–Crippen MR) is 389 cm³/mol. The van der Waals surface area contributed by atoms with Crippen LogP contribution in [0.2, 0.25) is 0 Å². The van der Waals surface area contributed by atoms with Crippen LogP contribution in [0.3, 0.4) is 0 Å². The molecule has 0 heterocycles. The van der Waals surface area contributed by atoms with Crippen LogP contribution in [0.1, 0.15) is 389 Å². The van der Waals surface area contributed by atoms with Gasteiger partial charge in [0, 0.05) is 18.5 Å². The number of halogens is 1. The molecule has 0 aliphatic carbocycles. The lowest BCUT2D eigenvalue weighted by Crippen LogP contribution is -2.02. The van der Waals surface area contributed by atoms with E-state index in [1.165, 1.54) is 242 Å². The maximum atomic E-state index is 8.91. The van der Waals surface area contributed by atoms with Gasteiger partial charge in [0.2, 0.25) is 0 Å². The van der Waals surface area contributed by atoms with Gasteiger partial charge in [0.15, 0.2) is 0 Å². The summed E-state index contributed by atoms with van der Waals surface area (Å²) in [5.74, 6) is 13.0. The molecule has 0 saturated carbocycles. The van der Waals surface area contributed by atoms with Crippen molar-refractivity contribution in [2.45, 2.75) is 389 Å². The second kappa shape index (κ2) is 66.0. The zero-order valence-corrected chi connectivity index (χ0v) is 63.4. The van der Waals surface area contributed by atoms with Gasteiger partial charge < -0.3 is 15.3 Å². The van der Waals surface area contributed by atoms with Gasteiger partial charge in [0.05, 0.1) is 6.61 Å². The molecule has 510 valence electrons. The Balaban J connectivity index is -0.000000508. The summed E-state index contributed by atoms with van der Waals surface area (Å²) < 4.78 is 0. The van der Waals surface area contributed by atoms with Crippen molar-refractivity contribution < 1.29 is 15.3 Å². The molecule has 0 aromatic carbocycles. The summed E-state index contributed by atoms with van der Waals surface area (Å²) in [5, 5.41) is 27.8. The van der Waals surface area contributed by atoms with E-state index in [1.54, 1.807) is 0 Å². The van der Waals surface area contributed by atoms with Crippen molar-refractivity contribution in [3.8, 4) is 0 Å². The minimum absolute atomic E-state index is 0.191. The Morgan fingerprint density at radius 3 is 0.583 bits per heavy atom. The highest BCUT2D eigenvalue weighted by Crippen LogP contribution is 2.27. The third kappa shape index (κ3) is 76.3. The summed E-state index contributed by atoms with van der Waals surface area (Å²) in [6.07, 6.45) is 55.2. The Labute approximate surface area is 542 Å². The molecular weight excluding hydrogens is 1090 g/mol. The van der Waals surface area contributed by atoms with Crippen LogP contribution in [0.4, 0.5) is 0 Å². The van der Waals surface area contributed by atoms with Crippen LogP contribution in [0.15, 0.2) is 11.6 Å². The fraction of sp³-hybridized carbons (Fsp3) is 0.975. The van der Waals surface area contributed by atoms with E-state index in [0.29, 0.717) is 25.0 Å². The molecule has 0 spiro atoms. The van der Waals surface area contributed by atoms with Gasteiger partial charge in [-0.2, -0.15) is 0 Å². The quantitative estimate of drug-likeness (QED) is 0.0420. The molecule has 3 nitrogen and oxygen atoms in total. The molecule has 0 aromatic heterocycles. The molecule has 0 fully saturated rings. The Morgan fingerprint density at radius 1 is 0.250 bits per heavy atom. The van der Waals surface area contributed by atoms with Crippen LogP contribution in [-0.2, 0) is 0 Å². The van der Waals surface area contributed by atoms with Gasteiger partial charge in [-0.1, -0.05) is 377 Å². The van der Waals surface area contributed by atoms with Crippen molar-refractivity contribution in [1.29, 1.82) is 0 Å². The highest BCUT2D eigenvalue weighted by molar-refractivity contribution is 9.09. The first kappa shape index (κ1) is 90.5. The zero-order chi connectivity index (χ0) is 64.4. The van der Waals surface area contributed by atoms with Crippen LogP contribution in [0, 0.1) is 88.8 Å². The minimum atomic E-state index is 0.191. The number of rotatable bonds is 55. The van der Waals surface area contributed by atoms with E-state index in [1.807, 2.05) is 6.08 Å². The lowest BCUT2D eigenvalue weighted by molar-refractivity contribution is 0.254. The first-order chi connectivity index (χ1) is 39.8. The van der Waals surface area contributed by atoms with Crippen LogP contribution in [-0.4, -0.2) is 40.5 Å². The maximum Gasteiger partial charge on any atom is 0.0614 e. The molecule has 84 heavy (non-hydrogen) atoms. The van der Waals surface area contributed by atoms with Crippen molar-refractivity contribution in [2.24, 2.45) is 88.8 Å². The molecule has 4 heteroatoms. The highest BCUT2D eigenvalue weighted by Gasteiger charge is 2.12. The SMILES string of the molecule is C/C(=C\CO)CCC[C@H](C)CCC[C@H](C)CCCC(C)C.CC(C)CCC[C@@H](C)CCC[C@@H](C)CCCC(C)CCBr.CC(C)CCC[C@@H](C)CCC[C@@H](C)CCCC(C)CCO.CC(C)CCC[C@@H](C)CCC[C@@H](C)CCCC(C)CCO. The number of aliphatic hydroxyl groups is 3. The van der Waals surface area contributed by atoms with Crippen molar-refractivity contribution in [2.75, 3.05) is 25.2 Å². The Morgan fingerprint density at radius 2 is 0.417 bits per heavy atom. The molecule has 0 rings (SSSR count). The van der Waals surface area contributed by atoms with E-state index in [-0.39, 0.29) is 6.61 Å². The molecule has 3 unspecified atom stereocenters. The molecule has 3 N–H and O–H groups in total. The molecule has 0 aromatic rings. The van der Waals surface area contributed by atoms with Crippen molar-refractivity contribution in [3.63, 3.8) is 0 Å². The van der Waals surface area contributed by atoms with Crippen LogP contribution >= 0.6 is 15.9 Å². The third-order valence-corrected chi connectivity index (χ3v) is 19.7. The van der Waals surface area contributed by atoms with Gasteiger partial charge in [-0.15, -0.1) is 0 Å². The average Bonchev–Trinajstić information content (AvgIpc) is 3.39. The molecule has 0 radical (unpaired) electrons. The summed E-state index contributed by atoms with van der Waals surface area (Å²) in [6, 6.07) is 0. The average molecular weight is 1260 g/mol. The molecule has 0 aliphatic heterocycles. The first-order valence-electron chi connectivity index (χ1n) is 37.9. The van der Waals surface area contributed by atoms with Gasteiger partial charge in [-0.25, -0.2) is 0 Å². The van der Waals surface area contributed by atoms with E-state index in [0.717, 1.165) is 96.2 Å². The smallest absolute Gasteiger partial charge is 0.0614 e. The van der Waals surface area contributed by atoms with Crippen molar-refractivity contribution in [1.82, 2.24) is 0 Å². The van der Waals surface area contributed by atoms with Gasteiger partial charge in [-0.3, -0.25) is 0 Å². The van der Waals surface area contributed by atoms with Gasteiger partial charge in [-0.05, 0) is 128 Å². The van der Waals surface area contributed by atoms with Gasteiger partial charge in [0.25, 0.3) is 0 Å². The van der Waals surface area contributed by atoms with Gasteiger partial charge in [0.1, 0.15) is 0 Å². The second-order valence-corrected chi connectivity index (χ2v) is 32.4. The first-order valence-corrected chi connectivity index (χ1v) is 39.0. The molecular formula is C80H165BrO3. The molecule has 0 aliphatic rings. The number of allylic oxidation sites excluding steroid dienone is 1. The molecule has 0 amide bonds. The van der Waals surface area contributed by atoms with Crippen LogP contribution in [0.25, 0.3) is 0 Å². The van der Waals surface area contributed by atoms with Crippen LogP contribution < -0.4 is 0 Å². The van der Waals surface area contributed by atoms with Crippen molar-refractivity contribution in [3.05, 3.63) is 11.6 Å². The normalized spacial score (nSPS) is 16.0. The van der Waals surface area contributed by atoms with Crippen molar-refractivity contribution >= 4 is 15.9 Å². The predicted octanol–water partition coefficient (Wildman–Crippen LogP) is 27.1. The second-order valence-electron chi connectivity index (χ2n) is 31.6. The molecule has 0 saturated heterocycles. The minimum Gasteiger partial charge on any atom is -0.396 e. The van der Waals surface area contributed by atoms with E-state index < -0.39 is 0 Å². The molecule has 0 bridgehead atoms. The van der Waals surface area contributed by atoms with Crippen LogP contribution in [0.5, 0.6) is 0 Å². The third-order valence-electron chi connectivity index (χ3n) is 19.2. The highest BCUT2D eigenvalue weighted by atomic mass is 79.9. The summed E-state index contributed by atoms with van der Waals surface area (Å²) >= 11 is 3.54. The lowest BCUT2D eigenvalue weighted by atomic mass is 9.91. The number of aliphatic hydroxyl groups excluding tert-OH is 3. The summed E-state index contributed by atoms with van der Waals surface area (Å²) in [4.78, 5) is 0.